The monoisotopic (exact) mass is 905 g/mol. The number of hydrogen-bond acceptors (Lipinski definition) is 8. The number of hydrogen-bond donors (Lipinski definition) is 0. The lowest BCUT2D eigenvalue weighted by Crippen LogP contribution is -2.37. The fraction of sp³-hybridized carbons (Fsp3) is 0.179. The second-order valence-corrected chi connectivity index (χ2v) is 19.0. The van der Waals surface area contributed by atoms with Crippen LogP contribution in [0.4, 0.5) is 11.4 Å². The van der Waals surface area contributed by atoms with E-state index in [4.69, 9.17) is 9.15 Å². The van der Waals surface area contributed by atoms with E-state index in [1.807, 2.05) is 36.0 Å². The number of aromatic nitrogens is 2. The molecule has 0 saturated heterocycles. The Bertz CT molecular complexity index is 3180. The number of benzene rings is 4. The summed E-state index contributed by atoms with van der Waals surface area (Å²) < 4.78 is 15.8. The summed E-state index contributed by atoms with van der Waals surface area (Å²) in [4.78, 5) is 11.5. The zero-order valence-corrected chi connectivity index (χ0v) is 38.4. The molecule has 4 aliphatic heterocycles. The van der Waals surface area contributed by atoms with Gasteiger partial charge in [-0.15, -0.1) is 0 Å². The van der Waals surface area contributed by atoms with Gasteiger partial charge in [-0.25, -0.2) is 4.57 Å². The zero-order valence-electron chi connectivity index (χ0n) is 36.8. The molecule has 12 rings (SSSR count). The quantitative estimate of drug-likeness (QED) is 0.0614. The molecule has 0 atom stereocenters. The van der Waals surface area contributed by atoms with Crippen LogP contribution in [0.15, 0.2) is 194 Å². The van der Waals surface area contributed by atoms with Crippen molar-refractivity contribution in [2.45, 2.75) is 42.0 Å². The highest BCUT2D eigenvalue weighted by atomic mass is 32.2. The molecular formula is C56H49N4O4S2+. The van der Waals surface area contributed by atoms with Gasteiger partial charge in [0.2, 0.25) is 11.0 Å². The van der Waals surface area contributed by atoms with Crippen LogP contribution in [0.3, 0.4) is 0 Å². The van der Waals surface area contributed by atoms with Gasteiger partial charge in [-0.2, -0.15) is 4.57 Å². The number of ether oxygens (including phenoxy) is 1. The van der Waals surface area contributed by atoms with Gasteiger partial charge in [0.15, 0.2) is 18.9 Å². The van der Waals surface area contributed by atoms with E-state index in [2.05, 4.69) is 171 Å². The molecule has 8 nitrogen and oxygen atoms in total. The number of pyridine rings is 2. The summed E-state index contributed by atoms with van der Waals surface area (Å²) in [6.07, 6.45) is 26.2. The molecule has 0 amide bonds. The highest BCUT2D eigenvalue weighted by molar-refractivity contribution is 8.04. The molecule has 5 aliphatic rings. The highest BCUT2D eigenvalue weighted by Crippen LogP contribution is 2.53. The molecule has 1 aliphatic carbocycles. The lowest BCUT2D eigenvalue weighted by molar-refractivity contribution is -0.728. The van der Waals surface area contributed by atoms with Crippen molar-refractivity contribution >= 4 is 74.4 Å². The van der Waals surface area contributed by atoms with Gasteiger partial charge in [-0.3, -0.25) is 0 Å². The van der Waals surface area contributed by atoms with Gasteiger partial charge in [-0.05, 0) is 114 Å². The van der Waals surface area contributed by atoms with E-state index in [1.54, 1.807) is 18.0 Å². The van der Waals surface area contributed by atoms with Crippen LogP contribution in [-0.4, -0.2) is 26.3 Å². The summed E-state index contributed by atoms with van der Waals surface area (Å²) in [6.45, 7) is 3.36. The SMILES string of the molecule is C[n+]1ccc(/C=C/C(=C/C=C2\Sc3cccc4c3N2CCO4)c2ccco2)c2ccccc21.[O-]OCC[n+]1ccc(C=C2C=C(/C=C3\Sc4cccc5c4N3CC5)CCC2)c2ccccc21. The first-order valence-corrected chi connectivity index (χ1v) is 24.3. The van der Waals surface area contributed by atoms with Gasteiger partial charge in [0.25, 0.3) is 0 Å². The summed E-state index contributed by atoms with van der Waals surface area (Å²) in [6, 6.07) is 38.0. The van der Waals surface area contributed by atoms with Crippen LogP contribution in [0.25, 0.3) is 39.5 Å². The van der Waals surface area contributed by atoms with Crippen molar-refractivity contribution < 1.29 is 28.4 Å². The molecule has 0 saturated carbocycles. The first-order valence-electron chi connectivity index (χ1n) is 22.7. The number of aryl methyl sites for hydroxylation is 1. The van der Waals surface area contributed by atoms with E-state index in [-0.39, 0.29) is 6.61 Å². The van der Waals surface area contributed by atoms with Gasteiger partial charge in [0, 0.05) is 46.2 Å². The van der Waals surface area contributed by atoms with Crippen molar-refractivity contribution in [3.8, 4) is 5.75 Å². The van der Waals surface area contributed by atoms with E-state index in [9.17, 15) is 5.26 Å². The summed E-state index contributed by atoms with van der Waals surface area (Å²) in [5.74, 6) is 1.81. The van der Waals surface area contributed by atoms with E-state index in [1.165, 1.54) is 81.8 Å². The van der Waals surface area contributed by atoms with Crippen LogP contribution in [0, 0.1) is 0 Å². The number of thioether (sulfide) groups is 2. The topological polar surface area (TPSA) is 68.9 Å². The second-order valence-electron chi connectivity index (χ2n) is 16.9. The Morgan fingerprint density at radius 2 is 1.55 bits per heavy atom. The van der Waals surface area contributed by atoms with Gasteiger partial charge < -0.3 is 29.1 Å². The third-order valence-corrected chi connectivity index (χ3v) is 15.0. The van der Waals surface area contributed by atoms with Crippen LogP contribution in [0.5, 0.6) is 5.75 Å². The van der Waals surface area contributed by atoms with Crippen LogP contribution in [0.2, 0.25) is 0 Å². The maximum Gasteiger partial charge on any atom is 0.213 e. The Hall–Kier alpha value is -6.56. The number of rotatable bonds is 9. The molecule has 4 aromatic carbocycles. The molecule has 66 heavy (non-hydrogen) atoms. The van der Waals surface area contributed by atoms with Crippen molar-refractivity contribution in [3.63, 3.8) is 0 Å². The number of nitrogens with zero attached hydrogens (tertiary/aromatic N) is 4. The molecule has 0 fully saturated rings. The lowest BCUT2D eigenvalue weighted by Gasteiger charge is -2.27. The molecule has 7 heterocycles. The van der Waals surface area contributed by atoms with Crippen molar-refractivity contribution in [1.82, 2.24) is 0 Å². The highest BCUT2D eigenvalue weighted by Gasteiger charge is 2.33. The molecule has 0 unspecified atom stereocenters. The Labute approximate surface area is 393 Å². The van der Waals surface area contributed by atoms with Gasteiger partial charge in [0.1, 0.15) is 25.2 Å². The van der Waals surface area contributed by atoms with Gasteiger partial charge >= 0.3 is 0 Å². The predicted octanol–water partition coefficient (Wildman–Crippen LogP) is 11.1. The summed E-state index contributed by atoms with van der Waals surface area (Å²) in [5, 5.41) is 15.5. The fourth-order valence-corrected chi connectivity index (χ4v) is 11.9. The minimum absolute atomic E-state index is 0.163. The number of allylic oxidation sites excluding steroid dienone is 8. The zero-order chi connectivity index (χ0) is 44.4. The van der Waals surface area contributed by atoms with Gasteiger partial charge in [0.05, 0.1) is 51.6 Å². The fourth-order valence-electron chi connectivity index (χ4n) is 9.60. The molecule has 0 radical (unpaired) electrons. The van der Waals surface area contributed by atoms with Crippen LogP contribution in [0.1, 0.15) is 41.7 Å². The van der Waals surface area contributed by atoms with Crippen LogP contribution >= 0.6 is 23.5 Å². The molecule has 328 valence electrons. The summed E-state index contributed by atoms with van der Waals surface area (Å²) >= 11 is 3.70. The number of para-hydroxylation sites is 4. The average molecular weight is 906 g/mol. The molecule has 10 heteroatoms. The molecule has 0 bridgehead atoms. The standard InChI is InChI=1S/C28H23N2O2S.C28H26N2O2S/c1-29-16-15-20(22-6-2-3-7-23(22)29)11-12-21(24-9-5-18-31-24)13-14-27-30-17-19-32-25-8-4-10-26(33-27)28(25)30;31-32-16-15-29-13-11-23(24-8-1-2-9-25(24)29)18-20-5-3-6-21(17-20)19-27-30-14-12-22-7-4-10-26(33-27)28(22)30/h2-16,18H,17,19H2,1H3;1-2,4,7-11,13,17-19H,3,5-6,12,14-16H2/q+1;. The van der Waals surface area contributed by atoms with E-state index in [0.717, 1.165) is 55.0 Å². The Balaban J connectivity index is 0.000000146. The molecular weight excluding hydrogens is 857 g/mol. The van der Waals surface area contributed by atoms with E-state index < -0.39 is 0 Å². The number of furan rings is 1. The predicted molar refractivity (Wildman–Crippen MR) is 266 cm³/mol. The van der Waals surface area contributed by atoms with E-state index in [0.29, 0.717) is 13.2 Å². The Morgan fingerprint density at radius 3 is 2.41 bits per heavy atom. The number of anilines is 2. The van der Waals surface area contributed by atoms with Crippen molar-refractivity contribution in [1.29, 1.82) is 0 Å². The van der Waals surface area contributed by atoms with Crippen molar-refractivity contribution in [2.75, 3.05) is 36.1 Å². The Morgan fingerprint density at radius 1 is 0.758 bits per heavy atom. The first kappa shape index (κ1) is 42.1. The summed E-state index contributed by atoms with van der Waals surface area (Å²) in [5.41, 5.74) is 12.6. The first-order chi connectivity index (χ1) is 32.6. The van der Waals surface area contributed by atoms with Gasteiger partial charge in [-0.1, -0.05) is 90.3 Å². The van der Waals surface area contributed by atoms with Crippen molar-refractivity contribution in [2.24, 2.45) is 7.05 Å². The molecule has 0 spiro atoms. The number of fused-ring (bicyclic) bond motifs is 2. The average Bonchev–Trinajstić information content (AvgIpc) is 4.19. The molecule has 0 N–H and O–H groups in total. The molecule has 3 aromatic heterocycles. The maximum absolute atomic E-state index is 10.5. The third kappa shape index (κ3) is 8.42. The van der Waals surface area contributed by atoms with Crippen molar-refractivity contribution in [3.05, 3.63) is 202 Å². The third-order valence-electron chi connectivity index (χ3n) is 12.8. The molecule has 7 aromatic rings. The maximum atomic E-state index is 10.5. The minimum Gasteiger partial charge on any atom is -0.723 e. The normalized spacial score (nSPS) is 18.1. The van der Waals surface area contributed by atoms with Crippen LogP contribution < -0.4 is 28.9 Å². The lowest BCUT2D eigenvalue weighted by atomic mass is 9.93. The van der Waals surface area contributed by atoms with E-state index >= 15 is 0 Å². The largest absolute Gasteiger partial charge is 0.723 e. The second kappa shape index (κ2) is 18.7. The summed E-state index contributed by atoms with van der Waals surface area (Å²) in [7, 11) is 2.07. The van der Waals surface area contributed by atoms with Crippen LogP contribution in [-0.2, 0) is 24.9 Å². The minimum atomic E-state index is 0.163. The Kier molecular flexibility index (Phi) is 12.0. The smallest absolute Gasteiger partial charge is 0.213 e.